The van der Waals surface area contributed by atoms with Gasteiger partial charge in [-0.1, -0.05) is 35.9 Å². The van der Waals surface area contributed by atoms with Crippen LogP contribution in [0.3, 0.4) is 0 Å². The van der Waals surface area contributed by atoms with E-state index in [4.69, 9.17) is 16.3 Å². The van der Waals surface area contributed by atoms with E-state index >= 15 is 0 Å². The lowest BCUT2D eigenvalue weighted by atomic mass is 9.91. The zero-order valence-electron chi connectivity index (χ0n) is 17.2. The fraction of sp³-hybridized carbons (Fsp3) is 0.455. The number of rotatable bonds is 9. The Labute approximate surface area is 177 Å². The lowest BCUT2D eigenvalue weighted by Crippen LogP contribution is -2.67. The predicted molar refractivity (Wildman–Crippen MR) is 116 cm³/mol. The molecule has 1 fully saturated rings. The zero-order valence-corrected chi connectivity index (χ0v) is 17.9. The molecule has 0 spiro atoms. The van der Waals surface area contributed by atoms with E-state index in [1.807, 2.05) is 53.4 Å². The molecule has 0 aliphatic carbocycles. The second kappa shape index (κ2) is 9.00. The highest BCUT2D eigenvalue weighted by Gasteiger charge is 2.45. The Morgan fingerprint density at radius 3 is 2.28 bits per heavy atom. The van der Waals surface area contributed by atoms with Crippen LogP contribution in [-0.2, 0) is 17.7 Å². The molecule has 0 saturated carbocycles. The third kappa shape index (κ3) is 6.15. The van der Waals surface area contributed by atoms with Crippen molar-refractivity contribution in [3.05, 3.63) is 64.7 Å². The summed E-state index contributed by atoms with van der Waals surface area (Å²) < 4.78 is 5.47. The lowest BCUT2D eigenvalue weighted by molar-refractivity contribution is -0.199. The van der Waals surface area contributed by atoms with Crippen LogP contribution in [0.4, 0.5) is 5.69 Å². The molecule has 2 atom stereocenters. The number of β-amino-alcohol motifs (C(OH)–C–C–N with tert-alkyl or cyclic N) is 1. The van der Waals surface area contributed by atoms with Gasteiger partial charge in [-0.15, -0.1) is 0 Å². The van der Waals surface area contributed by atoms with E-state index in [-0.39, 0.29) is 6.35 Å². The molecule has 1 aliphatic rings. The van der Waals surface area contributed by atoms with Crippen molar-refractivity contribution in [3.63, 3.8) is 0 Å². The molecular formula is C22H30ClN3O3. The van der Waals surface area contributed by atoms with Gasteiger partial charge in [0.2, 0.25) is 0 Å². The molecule has 0 amide bonds. The zero-order chi connectivity index (χ0) is 21.1. The standard InChI is InChI=1S/C22H30ClN3O3/c1-21(27)14-26(15-21)22(2,28)12-16-6-10-19(11-7-16)25-20(29-3)24-13-17-4-8-18(23)9-5-17/h4-11,20,24-25,27-28H,12-15H2,1-3H3/t20-,22+/m1/s1. The van der Waals surface area contributed by atoms with E-state index < -0.39 is 11.3 Å². The second-order valence-corrected chi connectivity index (χ2v) is 8.65. The Balaban J connectivity index is 1.51. The van der Waals surface area contributed by atoms with E-state index in [2.05, 4.69) is 10.6 Å². The van der Waals surface area contributed by atoms with Gasteiger partial charge in [0, 0.05) is 43.9 Å². The summed E-state index contributed by atoms with van der Waals surface area (Å²) in [6, 6.07) is 15.6. The fourth-order valence-corrected chi connectivity index (χ4v) is 3.62. The number of benzene rings is 2. The van der Waals surface area contributed by atoms with Crippen LogP contribution < -0.4 is 10.6 Å². The van der Waals surface area contributed by atoms with Gasteiger partial charge in [0.1, 0.15) is 5.72 Å². The number of halogens is 1. The first-order chi connectivity index (χ1) is 13.7. The average Bonchev–Trinajstić information content (AvgIpc) is 2.65. The number of likely N-dealkylation sites (tertiary alicyclic amines) is 1. The quantitative estimate of drug-likeness (QED) is 0.468. The fourth-order valence-electron chi connectivity index (χ4n) is 3.49. The smallest absolute Gasteiger partial charge is 0.184 e. The maximum Gasteiger partial charge on any atom is 0.184 e. The minimum Gasteiger partial charge on any atom is -0.387 e. The molecule has 158 valence electrons. The molecule has 4 N–H and O–H groups in total. The van der Waals surface area contributed by atoms with E-state index in [0.717, 1.165) is 16.8 Å². The number of methoxy groups -OCH3 is 1. The molecule has 1 aliphatic heterocycles. The summed E-state index contributed by atoms with van der Waals surface area (Å²) in [5.74, 6) is 0. The first kappa shape index (κ1) is 22.0. The Morgan fingerprint density at radius 2 is 1.72 bits per heavy atom. The van der Waals surface area contributed by atoms with Crippen LogP contribution in [0.1, 0.15) is 25.0 Å². The number of hydrogen-bond donors (Lipinski definition) is 4. The van der Waals surface area contributed by atoms with Gasteiger partial charge in [-0.05, 0) is 49.2 Å². The maximum absolute atomic E-state index is 10.7. The van der Waals surface area contributed by atoms with Crippen molar-refractivity contribution in [2.75, 3.05) is 25.5 Å². The lowest BCUT2D eigenvalue weighted by Gasteiger charge is -2.51. The van der Waals surface area contributed by atoms with E-state index in [1.54, 1.807) is 21.0 Å². The monoisotopic (exact) mass is 419 g/mol. The highest BCUT2D eigenvalue weighted by Crippen LogP contribution is 2.29. The Hall–Kier alpha value is -1.67. The van der Waals surface area contributed by atoms with Gasteiger partial charge in [-0.3, -0.25) is 10.2 Å². The molecule has 0 unspecified atom stereocenters. The Morgan fingerprint density at radius 1 is 1.14 bits per heavy atom. The molecule has 0 bridgehead atoms. The van der Waals surface area contributed by atoms with Crippen molar-refractivity contribution in [3.8, 4) is 0 Å². The summed E-state index contributed by atoms with van der Waals surface area (Å²) in [7, 11) is 1.64. The number of nitrogens with zero attached hydrogens (tertiary/aromatic N) is 1. The van der Waals surface area contributed by atoms with Crippen molar-refractivity contribution in [1.82, 2.24) is 10.2 Å². The first-order valence-corrected chi connectivity index (χ1v) is 10.1. The first-order valence-electron chi connectivity index (χ1n) is 9.73. The van der Waals surface area contributed by atoms with Crippen LogP contribution in [0.15, 0.2) is 48.5 Å². The maximum atomic E-state index is 10.7. The third-order valence-electron chi connectivity index (χ3n) is 5.18. The van der Waals surface area contributed by atoms with Gasteiger partial charge < -0.3 is 20.3 Å². The third-order valence-corrected chi connectivity index (χ3v) is 5.43. The van der Waals surface area contributed by atoms with Gasteiger partial charge in [0.05, 0.1) is 5.60 Å². The summed E-state index contributed by atoms with van der Waals surface area (Å²) in [5.41, 5.74) is 1.37. The summed E-state index contributed by atoms with van der Waals surface area (Å²) in [5, 5.41) is 27.9. The number of ether oxygens (including phenoxy) is 1. The molecule has 0 aromatic heterocycles. The predicted octanol–water partition coefficient (Wildman–Crippen LogP) is 2.79. The number of nitrogens with one attached hydrogen (secondary N) is 2. The minimum atomic E-state index is -0.980. The molecule has 7 heteroatoms. The molecule has 2 aromatic rings. The highest BCUT2D eigenvalue weighted by molar-refractivity contribution is 6.30. The van der Waals surface area contributed by atoms with Crippen molar-refractivity contribution in [2.24, 2.45) is 0 Å². The van der Waals surface area contributed by atoms with Crippen molar-refractivity contribution >= 4 is 17.3 Å². The largest absolute Gasteiger partial charge is 0.387 e. The number of hydrogen-bond acceptors (Lipinski definition) is 6. The minimum absolute atomic E-state index is 0.344. The molecule has 1 saturated heterocycles. The van der Waals surface area contributed by atoms with Crippen LogP contribution in [-0.4, -0.2) is 53.0 Å². The van der Waals surface area contributed by atoms with E-state index in [0.29, 0.717) is 31.1 Å². The van der Waals surface area contributed by atoms with Gasteiger partial charge in [0.25, 0.3) is 0 Å². The van der Waals surface area contributed by atoms with Crippen molar-refractivity contribution in [1.29, 1.82) is 0 Å². The average molecular weight is 420 g/mol. The summed E-state index contributed by atoms with van der Waals surface area (Å²) in [6.45, 7) is 5.18. The molecule has 2 aromatic carbocycles. The summed E-state index contributed by atoms with van der Waals surface area (Å²) in [6.07, 6.45) is 0.147. The normalized spacial score (nSPS) is 19.2. The number of aliphatic hydroxyl groups is 2. The molecule has 29 heavy (non-hydrogen) atoms. The molecular weight excluding hydrogens is 390 g/mol. The highest BCUT2D eigenvalue weighted by atomic mass is 35.5. The van der Waals surface area contributed by atoms with Crippen LogP contribution in [0.2, 0.25) is 5.02 Å². The molecule has 1 heterocycles. The van der Waals surface area contributed by atoms with Gasteiger partial charge in [-0.2, -0.15) is 0 Å². The van der Waals surface area contributed by atoms with E-state index in [9.17, 15) is 10.2 Å². The van der Waals surface area contributed by atoms with E-state index in [1.165, 1.54) is 0 Å². The second-order valence-electron chi connectivity index (χ2n) is 8.21. The molecule has 3 rings (SSSR count). The van der Waals surface area contributed by atoms with Crippen molar-refractivity contribution < 1.29 is 14.9 Å². The van der Waals surface area contributed by atoms with Crippen LogP contribution >= 0.6 is 11.6 Å². The van der Waals surface area contributed by atoms with Gasteiger partial charge in [-0.25, -0.2) is 0 Å². The van der Waals surface area contributed by atoms with Crippen molar-refractivity contribution in [2.45, 2.75) is 44.5 Å². The van der Waals surface area contributed by atoms with Gasteiger partial charge >= 0.3 is 0 Å². The Kier molecular flexibility index (Phi) is 6.83. The summed E-state index contributed by atoms with van der Waals surface area (Å²) >= 11 is 5.92. The topological polar surface area (TPSA) is 77.0 Å². The van der Waals surface area contributed by atoms with Crippen LogP contribution in [0.5, 0.6) is 0 Å². The van der Waals surface area contributed by atoms with Gasteiger partial charge in [0.15, 0.2) is 6.35 Å². The SMILES string of the molecule is CO[C@H](NCc1ccc(Cl)cc1)Nc1ccc(C[C@](C)(O)N2CC(C)(O)C2)cc1. The number of anilines is 1. The molecule has 6 nitrogen and oxygen atoms in total. The molecule has 0 radical (unpaired) electrons. The summed E-state index contributed by atoms with van der Waals surface area (Å²) in [4.78, 5) is 1.89. The van der Waals surface area contributed by atoms with Crippen LogP contribution in [0, 0.1) is 0 Å². The Bertz CT molecular complexity index is 786. The van der Waals surface area contributed by atoms with Crippen LogP contribution in [0.25, 0.3) is 0 Å².